The number of phosphoric ester groups is 1. The van der Waals surface area contributed by atoms with Gasteiger partial charge in [-0.3, -0.25) is 18.6 Å². The number of likely N-dealkylation sites (N-methyl/N-ethyl adjacent to an activating group) is 1. The first kappa shape index (κ1) is 61.2. The molecule has 0 aliphatic carbocycles. The molecule has 0 aliphatic rings. The monoisotopic (exact) mass is 915 g/mol. The average molecular weight is 915 g/mol. The van der Waals surface area contributed by atoms with E-state index in [4.69, 9.17) is 18.5 Å². The molecule has 10 heteroatoms. The molecule has 0 saturated carbocycles. The van der Waals surface area contributed by atoms with E-state index in [-0.39, 0.29) is 26.1 Å². The van der Waals surface area contributed by atoms with Gasteiger partial charge in [0.2, 0.25) is 0 Å². The lowest BCUT2D eigenvalue weighted by molar-refractivity contribution is -0.870. The summed E-state index contributed by atoms with van der Waals surface area (Å²) in [6, 6.07) is 0. The third kappa shape index (κ3) is 48.7. The van der Waals surface area contributed by atoms with Crippen LogP contribution in [0.2, 0.25) is 0 Å². The van der Waals surface area contributed by atoms with Gasteiger partial charge in [0, 0.05) is 38.5 Å². The van der Waals surface area contributed by atoms with Crippen LogP contribution in [0.3, 0.4) is 0 Å². The summed E-state index contributed by atoms with van der Waals surface area (Å²) in [6.07, 6.45) is 35.4. The van der Waals surface area contributed by atoms with Crippen LogP contribution in [0.1, 0.15) is 232 Å². The summed E-state index contributed by atoms with van der Waals surface area (Å²) >= 11 is 0. The predicted molar refractivity (Wildman–Crippen MR) is 265 cm³/mol. The molecule has 0 rings (SSSR count). The van der Waals surface area contributed by atoms with Gasteiger partial charge in [0.05, 0.1) is 27.7 Å². The Hall–Kier alpha value is -2.75. The van der Waals surface area contributed by atoms with Gasteiger partial charge in [-0.25, -0.2) is 4.57 Å². The van der Waals surface area contributed by atoms with Gasteiger partial charge in [0.15, 0.2) is 6.10 Å². The molecular formula is C54H93NO8P+. The molecule has 9 nitrogen and oxygen atoms in total. The minimum atomic E-state index is -4.40. The molecular weight excluding hydrogens is 822 g/mol. The van der Waals surface area contributed by atoms with E-state index in [2.05, 4.69) is 61.2 Å². The summed E-state index contributed by atoms with van der Waals surface area (Å²) in [7, 11) is 1.44. The molecule has 0 fully saturated rings. The highest BCUT2D eigenvalue weighted by atomic mass is 31.2. The number of hydrogen-bond donors (Lipinski definition) is 1. The van der Waals surface area contributed by atoms with Crippen molar-refractivity contribution in [2.75, 3.05) is 47.5 Å². The zero-order valence-corrected chi connectivity index (χ0v) is 42.5. The second kappa shape index (κ2) is 45.4. The zero-order chi connectivity index (χ0) is 47.1. The maximum Gasteiger partial charge on any atom is 0.472 e. The number of quaternary nitrogens is 1. The van der Waals surface area contributed by atoms with E-state index in [1.54, 1.807) is 0 Å². The minimum absolute atomic E-state index is 0.0190. The first-order chi connectivity index (χ1) is 31.0. The number of carbonyl (C=O) groups excluding carboxylic acids is 2. The molecule has 0 bridgehead atoms. The molecule has 0 aromatic carbocycles. The molecule has 2 atom stereocenters. The van der Waals surface area contributed by atoms with E-state index >= 15 is 0 Å². The van der Waals surface area contributed by atoms with Crippen molar-refractivity contribution in [3.8, 4) is 47.4 Å². The number of hydrogen-bond acceptors (Lipinski definition) is 7. The Morgan fingerprint density at radius 1 is 0.484 bits per heavy atom. The molecule has 0 amide bonds. The molecule has 2 unspecified atom stereocenters. The number of rotatable bonds is 42. The Balaban J connectivity index is 4.31. The number of phosphoric acid groups is 1. The summed E-state index contributed by atoms with van der Waals surface area (Å²) in [5.41, 5.74) is 0. The highest BCUT2D eigenvalue weighted by molar-refractivity contribution is 7.47. The fourth-order valence-corrected chi connectivity index (χ4v) is 7.51. The van der Waals surface area contributed by atoms with Crippen LogP contribution in [0, 0.1) is 47.4 Å². The lowest BCUT2D eigenvalue weighted by Gasteiger charge is -2.24. The van der Waals surface area contributed by atoms with Crippen LogP contribution >= 0.6 is 7.82 Å². The van der Waals surface area contributed by atoms with Crippen molar-refractivity contribution in [1.82, 2.24) is 0 Å². The third-order valence-corrected chi connectivity index (χ3v) is 11.8. The minimum Gasteiger partial charge on any atom is -0.462 e. The highest BCUT2D eigenvalue weighted by Crippen LogP contribution is 2.43. The van der Waals surface area contributed by atoms with Gasteiger partial charge in [0.25, 0.3) is 0 Å². The summed E-state index contributed by atoms with van der Waals surface area (Å²) < 4.78 is 34.4. The lowest BCUT2D eigenvalue weighted by atomic mass is 10.1. The molecule has 0 aromatic rings. The van der Waals surface area contributed by atoms with Crippen molar-refractivity contribution in [3.63, 3.8) is 0 Å². The zero-order valence-electron chi connectivity index (χ0n) is 41.6. The van der Waals surface area contributed by atoms with Crippen LogP contribution in [0.4, 0.5) is 0 Å². The smallest absolute Gasteiger partial charge is 0.462 e. The van der Waals surface area contributed by atoms with Gasteiger partial charge in [0.1, 0.15) is 19.8 Å². The van der Waals surface area contributed by atoms with Crippen LogP contribution in [0.5, 0.6) is 0 Å². The molecule has 0 aromatic heterocycles. The second-order valence-corrected chi connectivity index (χ2v) is 19.8. The standard InChI is InChI=1S/C54H92NO8P/c1-6-8-10-12-14-16-18-20-22-24-26-28-30-32-34-36-38-40-42-44-46-53(56)60-50-52(51-62-64(58,59)61-49-48-55(3,4)5)63-54(57)47-45-43-41-39-37-35-33-31-29-27-25-23-21-19-17-15-13-11-9-7-2/h52H,6-19,28-51H2,1-5H3/p+1. The molecule has 0 aliphatic heterocycles. The SMILES string of the molecule is CCCCCCCCC#CC#CCCCCCCCCCCC(=O)OCC(COP(=O)(O)OCC[N+](C)(C)C)OC(=O)CCCCCCCCCCC#CC#CCCCCCCCC. The van der Waals surface area contributed by atoms with E-state index in [0.717, 1.165) is 89.9 Å². The summed E-state index contributed by atoms with van der Waals surface area (Å²) in [4.78, 5) is 35.5. The van der Waals surface area contributed by atoms with Crippen molar-refractivity contribution in [2.24, 2.45) is 0 Å². The number of carbonyl (C=O) groups is 2. The topological polar surface area (TPSA) is 108 Å². The number of unbranched alkanes of at least 4 members (excludes halogenated alkanes) is 28. The average Bonchev–Trinajstić information content (AvgIpc) is 3.25. The quantitative estimate of drug-likeness (QED) is 0.0212. The Morgan fingerprint density at radius 3 is 1.20 bits per heavy atom. The fourth-order valence-electron chi connectivity index (χ4n) is 6.76. The van der Waals surface area contributed by atoms with Gasteiger partial charge < -0.3 is 18.9 Å². The largest absolute Gasteiger partial charge is 0.472 e. The first-order valence-electron chi connectivity index (χ1n) is 25.7. The molecule has 1 N–H and O–H groups in total. The first-order valence-corrected chi connectivity index (χ1v) is 27.2. The Bertz CT molecular complexity index is 1440. The van der Waals surface area contributed by atoms with Crippen LogP contribution < -0.4 is 0 Å². The van der Waals surface area contributed by atoms with Gasteiger partial charge in [-0.15, -0.1) is 0 Å². The second-order valence-electron chi connectivity index (χ2n) is 18.3. The van der Waals surface area contributed by atoms with E-state index in [0.29, 0.717) is 23.9 Å². The van der Waals surface area contributed by atoms with Gasteiger partial charge in [-0.05, 0) is 62.2 Å². The number of nitrogens with zero attached hydrogens (tertiary/aromatic N) is 1. The lowest BCUT2D eigenvalue weighted by Crippen LogP contribution is -2.37. The Labute approximate surface area is 393 Å². The van der Waals surface area contributed by atoms with Crippen LogP contribution in [0.25, 0.3) is 0 Å². The Kier molecular flexibility index (Phi) is 43.5. The maximum absolute atomic E-state index is 12.8. The van der Waals surface area contributed by atoms with E-state index < -0.39 is 32.5 Å². The molecule has 0 radical (unpaired) electrons. The van der Waals surface area contributed by atoms with Crippen molar-refractivity contribution in [3.05, 3.63) is 0 Å². The van der Waals surface area contributed by atoms with Crippen LogP contribution in [-0.2, 0) is 32.7 Å². The normalized spacial score (nSPS) is 12.3. The predicted octanol–water partition coefficient (Wildman–Crippen LogP) is 13.6. The van der Waals surface area contributed by atoms with E-state index in [9.17, 15) is 19.0 Å². The van der Waals surface area contributed by atoms with Crippen LogP contribution in [-0.4, -0.2) is 74.9 Å². The van der Waals surface area contributed by atoms with Gasteiger partial charge in [-0.1, -0.05) is 179 Å². The summed E-state index contributed by atoms with van der Waals surface area (Å²) in [5, 5.41) is 0. The Morgan fingerprint density at radius 2 is 0.828 bits per heavy atom. The molecule has 366 valence electrons. The number of ether oxygens (including phenoxy) is 2. The summed E-state index contributed by atoms with van der Waals surface area (Å²) in [6.45, 7) is 4.33. The van der Waals surface area contributed by atoms with E-state index in [1.807, 2.05) is 21.1 Å². The van der Waals surface area contributed by atoms with Gasteiger partial charge in [-0.2, -0.15) is 0 Å². The molecule has 0 saturated heterocycles. The third-order valence-electron chi connectivity index (χ3n) is 10.8. The fraction of sp³-hybridized carbons (Fsp3) is 0.815. The van der Waals surface area contributed by atoms with Crippen molar-refractivity contribution >= 4 is 19.8 Å². The number of esters is 2. The van der Waals surface area contributed by atoms with Crippen molar-refractivity contribution in [2.45, 2.75) is 238 Å². The highest BCUT2D eigenvalue weighted by Gasteiger charge is 2.27. The van der Waals surface area contributed by atoms with Gasteiger partial charge >= 0.3 is 19.8 Å². The maximum atomic E-state index is 12.8. The molecule has 64 heavy (non-hydrogen) atoms. The van der Waals surface area contributed by atoms with Crippen molar-refractivity contribution in [1.29, 1.82) is 0 Å². The van der Waals surface area contributed by atoms with Crippen LogP contribution in [0.15, 0.2) is 0 Å². The molecule has 0 spiro atoms. The van der Waals surface area contributed by atoms with Crippen molar-refractivity contribution < 1.29 is 42.1 Å². The van der Waals surface area contributed by atoms with E-state index in [1.165, 1.54) is 103 Å². The summed E-state index contributed by atoms with van der Waals surface area (Å²) in [5.74, 6) is 23.9. The molecule has 0 heterocycles.